The molecule has 0 spiro atoms. The lowest BCUT2D eigenvalue weighted by molar-refractivity contribution is 0.0938. The number of hydrogen-bond acceptors (Lipinski definition) is 5. The Balaban J connectivity index is 1.49. The molecule has 4 rings (SSSR count). The van der Waals surface area contributed by atoms with Gasteiger partial charge in [0.2, 0.25) is 5.95 Å². The number of pyridine rings is 1. The minimum Gasteiger partial charge on any atom is -0.388 e. The van der Waals surface area contributed by atoms with Crippen LogP contribution in [-0.4, -0.2) is 32.2 Å². The van der Waals surface area contributed by atoms with Gasteiger partial charge in [-0.15, -0.1) is 11.5 Å². The van der Waals surface area contributed by atoms with Gasteiger partial charge >= 0.3 is 0 Å². The molecule has 0 fully saturated rings. The second-order valence-electron chi connectivity index (χ2n) is 7.63. The summed E-state index contributed by atoms with van der Waals surface area (Å²) in [6.07, 6.45) is 6.46. The number of aliphatic hydroxyl groups is 1. The number of anilines is 1. The number of terminal acetylenes is 1. The van der Waals surface area contributed by atoms with Crippen molar-refractivity contribution in [2.75, 3.05) is 12.3 Å². The summed E-state index contributed by atoms with van der Waals surface area (Å²) in [4.78, 5) is 16.9. The van der Waals surface area contributed by atoms with Crippen molar-refractivity contribution in [2.45, 2.75) is 19.4 Å². The normalized spacial score (nSPS) is 11.8. The van der Waals surface area contributed by atoms with Gasteiger partial charge in [0.25, 0.3) is 5.91 Å². The van der Waals surface area contributed by atoms with Crippen molar-refractivity contribution in [3.05, 3.63) is 82.8 Å². The van der Waals surface area contributed by atoms with Gasteiger partial charge in [-0.3, -0.25) is 4.79 Å². The van der Waals surface area contributed by atoms with E-state index in [0.717, 1.165) is 5.56 Å². The van der Waals surface area contributed by atoms with E-state index in [1.54, 1.807) is 61.7 Å². The van der Waals surface area contributed by atoms with E-state index in [9.17, 15) is 9.90 Å². The van der Waals surface area contributed by atoms with Crippen LogP contribution in [0.5, 0.6) is 0 Å². The van der Waals surface area contributed by atoms with Gasteiger partial charge < -0.3 is 16.2 Å². The van der Waals surface area contributed by atoms with Crippen LogP contribution < -0.4 is 11.1 Å². The van der Waals surface area contributed by atoms with Crippen LogP contribution in [0.4, 0.5) is 10.3 Å². The highest BCUT2D eigenvalue weighted by Crippen LogP contribution is 2.28. The molecule has 0 saturated carbocycles. The van der Waals surface area contributed by atoms with E-state index in [1.807, 2.05) is 0 Å². The number of amides is 1. The smallest absolute Gasteiger partial charge is 0.254 e. The van der Waals surface area contributed by atoms with Gasteiger partial charge in [0.15, 0.2) is 5.65 Å². The average Bonchev–Trinajstić information content (AvgIpc) is 3.18. The van der Waals surface area contributed by atoms with Crippen LogP contribution in [-0.2, 0) is 0 Å². The van der Waals surface area contributed by atoms with E-state index < -0.39 is 17.8 Å². The van der Waals surface area contributed by atoms with Crippen LogP contribution in [0.2, 0.25) is 0 Å². The van der Waals surface area contributed by atoms with E-state index in [2.05, 4.69) is 21.3 Å². The molecule has 0 bridgehead atoms. The standard InChI is InChI=1S/C25H22FN5O2/c1-3-16-5-7-17(8-6-16)20(32)10-12-28-24(33)22-15(2)4-9-19(23(22)26)18-11-13-31-21(14-18)29-25(27)30-31/h1,4-9,11,13-14,20,32H,10,12H2,2H3,(H2,27,30)(H,28,33). The molecule has 7 nitrogen and oxygen atoms in total. The predicted molar refractivity (Wildman–Crippen MR) is 124 cm³/mol. The molecule has 166 valence electrons. The number of nitrogens with one attached hydrogen (secondary N) is 1. The van der Waals surface area contributed by atoms with E-state index in [1.165, 1.54) is 4.52 Å². The Kier molecular flexibility index (Phi) is 6.07. The molecule has 4 aromatic rings. The summed E-state index contributed by atoms with van der Waals surface area (Å²) in [6.45, 7) is 1.84. The number of aromatic nitrogens is 3. The maximum atomic E-state index is 15.4. The van der Waals surface area contributed by atoms with Crippen LogP contribution in [0.3, 0.4) is 0 Å². The minimum absolute atomic E-state index is 0.0405. The zero-order valence-corrected chi connectivity index (χ0v) is 17.9. The van der Waals surface area contributed by atoms with Crippen LogP contribution in [0, 0.1) is 25.1 Å². The Bertz CT molecular complexity index is 1370. The molecule has 1 atom stereocenters. The van der Waals surface area contributed by atoms with E-state index in [4.69, 9.17) is 12.2 Å². The van der Waals surface area contributed by atoms with Gasteiger partial charge in [-0.1, -0.05) is 30.2 Å². The summed E-state index contributed by atoms with van der Waals surface area (Å²) < 4.78 is 16.9. The number of rotatable bonds is 6. The molecule has 0 aliphatic carbocycles. The molecule has 0 aliphatic heterocycles. The third-order valence-corrected chi connectivity index (χ3v) is 5.41. The Morgan fingerprint density at radius 2 is 2.03 bits per heavy atom. The number of aryl methyl sites for hydroxylation is 1. The molecule has 2 heterocycles. The van der Waals surface area contributed by atoms with E-state index >= 15 is 4.39 Å². The lowest BCUT2D eigenvalue weighted by Gasteiger charge is -2.14. The molecule has 8 heteroatoms. The topological polar surface area (TPSA) is 106 Å². The summed E-state index contributed by atoms with van der Waals surface area (Å²) in [5, 5.41) is 17.1. The lowest BCUT2D eigenvalue weighted by atomic mass is 9.98. The van der Waals surface area contributed by atoms with Crippen molar-refractivity contribution in [2.24, 2.45) is 0 Å². The molecule has 0 aliphatic rings. The molecular weight excluding hydrogens is 421 g/mol. The fourth-order valence-electron chi connectivity index (χ4n) is 3.62. The zero-order chi connectivity index (χ0) is 23.5. The first-order valence-electron chi connectivity index (χ1n) is 10.3. The highest BCUT2D eigenvalue weighted by Gasteiger charge is 2.20. The molecule has 2 aromatic heterocycles. The highest BCUT2D eigenvalue weighted by atomic mass is 19.1. The Labute approximate surface area is 190 Å². The second kappa shape index (κ2) is 9.10. The number of nitrogens with zero attached hydrogens (tertiary/aromatic N) is 3. The summed E-state index contributed by atoms with van der Waals surface area (Å²) in [6, 6.07) is 13.6. The third-order valence-electron chi connectivity index (χ3n) is 5.41. The second-order valence-corrected chi connectivity index (χ2v) is 7.63. The average molecular weight is 443 g/mol. The molecule has 0 saturated heterocycles. The first-order valence-corrected chi connectivity index (χ1v) is 10.3. The highest BCUT2D eigenvalue weighted by molar-refractivity contribution is 5.97. The van der Waals surface area contributed by atoms with Crippen molar-refractivity contribution in [1.82, 2.24) is 19.9 Å². The number of benzene rings is 2. The molecule has 2 aromatic carbocycles. The first kappa shape index (κ1) is 22.0. The van der Waals surface area contributed by atoms with Crippen LogP contribution >= 0.6 is 0 Å². The monoisotopic (exact) mass is 443 g/mol. The predicted octanol–water partition coefficient (Wildman–Crippen LogP) is 3.26. The number of hydrogen-bond donors (Lipinski definition) is 3. The fraction of sp³-hybridized carbons (Fsp3) is 0.160. The summed E-state index contributed by atoms with van der Waals surface area (Å²) in [7, 11) is 0. The van der Waals surface area contributed by atoms with Gasteiger partial charge in [-0.05, 0) is 54.3 Å². The number of carbonyl (C=O) groups is 1. The fourth-order valence-corrected chi connectivity index (χ4v) is 3.62. The SMILES string of the molecule is C#Cc1ccc(C(O)CCNC(=O)c2c(C)ccc(-c3ccn4nc(N)nc4c3)c2F)cc1. The van der Waals surface area contributed by atoms with Crippen molar-refractivity contribution in [1.29, 1.82) is 0 Å². The van der Waals surface area contributed by atoms with Crippen molar-refractivity contribution in [3.8, 4) is 23.5 Å². The van der Waals surface area contributed by atoms with Gasteiger partial charge in [0.05, 0.1) is 11.7 Å². The van der Waals surface area contributed by atoms with Gasteiger partial charge in [0, 0.05) is 23.9 Å². The molecular formula is C25H22FN5O2. The summed E-state index contributed by atoms with van der Waals surface area (Å²) in [5.74, 6) is 1.46. The molecule has 0 radical (unpaired) electrons. The number of nitrogens with two attached hydrogens (primary N) is 1. The Morgan fingerprint density at radius 3 is 2.76 bits per heavy atom. The zero-order valence-electron chi connectivity index (χ0n) is 17.9. The van der Waals surface area contributed by atoms with Crippen molar-refractivity contribution >= 4 is 17.5 Å². The van der Waals surface area contributed by atoms with Crippen LogP contribution in [0.15, 0.2) is 54.7 Å². The number of carbonyl (C=O) groups excluding carboxylic acids is 1. The van der Waals surface area contributed by atoms with Gasteiger partial charge in [0.1, 0.15) is 5.82 Å². The largest absolute Gasteiger partial charge is 0.388 e. The van der Waals surface area contributed by atoms with Crippen LogP contribution in [0.25, 0.3) is 16.8 Å². The number of halogens is 1. The number of aliphatic hydroxyl groups excluding tert-OH is 1. The Hall–Kier alpha value is -4.22. The lowest BCUT2D eigenvalue weighted by Crippen LogP contribution is -2.27. The van der Waals surface area contributed by atoms with Crippen molar-refractivity contribution < 1.29 is 14.3 Å². The number of nitrogen functional groups attached to an aromatic ring is 1. The minimum atomic E-state index is -0.781. The summed E-state index contributed by atoms with van der Waals surface area (Å²) in [5.41, 5.74) is 8.78. The van der Waals surface area contributed by atoms with Crippen molar-refractivity contribution in [3.63, 3.8) is 0 Å². The quantitative estimate of drug-likeness (QED) is 0.397. The number of fused-ring (bicyclic) bond motifs is 1. The third kappa shape index (κ3) is 4.54. The maximum Gasteiger partial charge on any atom is 0.254 e. The molecule has 1 amide bonds. The maximum absolute atomic E-state index is 15.4. The van der Waals surface area contributed by atoms with E-state index in [-0.39, 0.29) is 30.0 Å². The Morgan fingerprint density at radius 1 is 1.27 bits per heavy atom. The molecule has 4 N–H and O–H groups in total. The summed E-state index contributed by atoms with van der Waals surface area (Å²) >= 11 is 0. The van der Waals surface area contributed by atoms with Gasteiger partial charge in [-0.2, -0.15) is 4.98 Å². The molecule has 33 heavy (non-hydrogen) atoms. The van der Waals surface area contributed by atoms with Crippen LogP contribution in [0.1, 0.15) is 39.6 Å². The van der Waals surface area contributed by atoms with Gasteiger partial charge in [-0.25, -0.2) is 8.91 Å². The first-order chi connectivity index (χ1) is 15.9. The molecule has 1 unspecified atom stereocenters. The van der Waals surface area contributed by atoms with E-state index in [0.29, 0.717) is 22.3 Å².